The Labute approximate surface area is 236 Å². The number of carboxylic acids is 1. The third-order valence-electron chi connectivity index (χ3n) is 5.46. The van der Waals surface area contributed by atoms with Crippen molar-refractivity contribution in [3.63, 3.8) is 0 Å². The number of aromatic nitrogens is 4. The van der Waals surface area contributed by atoms with Gasteiger partial charge in [0.25, 0.3) is 11.8 Å². The number of nitrogens with one attached hydrogen (secondary N) is 2. The zero-order valence-electron chi connectivity index (χ0n) is 20.2. The number of hydrogen-bond donors (Lipinski definition) is 6. The van der Waals surface area contributed by atoms with Gasteiger partial charge in [-0.25, -0.2) is 14.9 Å². The molecule has 40 heavy (non-hydrogen) atoms. The summed E-state index contributed by atoms with van der Waals surface area (Å²) in [7, 11) is 1.22. The number of aromatic amines is 1. The number of carboxylic acid groups (broad SMARTS) is 1. The largest absolute Gasteiger partial charge is 0.477 e. The Kier molecular flexibility index (Phi) is 8.11. The molecule has 1 fully saturated rings. The van der Waals surface area contributed by atoms with Crippen LogP contribution in [-0.2, 0) is 30.6 Å². The number of primary amides is 1. The normalized spacial score (nSPS) is 19.1. The lowest BCUT2D eigenvalue weighted by Crippen LogP contribution is -2.71. The number of nitrogen functional groups attached to an aromatic ring is 1. The van der Waals surface area contributed by atoms with E-state index in [4.69, 9.17) is 16.3 Å². The first-order valence-corrected chi connectivity index (χ1v) is 13.3. The molecule has 2 aromatic rings. The van der Waals surface area contributed by atoms with Crippen LogP contribution in [0.5, 0.6) is 0 Å². The van der Waals surface area contributed by atoms with Crippen LogP contribution in [0.4, 0.5) is 5.13 Å². The molecule has 210 valence electrons. The van der Waals surface area contributed by atoms with E-state index in [2.05, 4.69) is 33.2 Å². The average molecular weight is 610 g/mol. The Balaban J connectivity index is 1.63. The van der Waals surface area contributed by atoms with Crippen LogP contribution in [0.1, 0.15) is 11.5 Å². The number of hydrogen-bond acceptors (Lipinski definition) is 14. The van der Waals surface area contributed by atoms with E-state index in [-0.39, 0.29) is 38.6 Å². The van der Waals surface area contributed by atoms with Gasteiger partial charge in [0.05, 0.1) is 0 Å². The molecule has 1 saturated heterocycles. The fraction of sp³-hybridized carbons (Fsp3) is 0.250. The third-order valence-corrected chi connectivity index (χ3v) is 7.77. The molecule has 2 aliphatic heterocycles. The number of thioether (sulfide) groups is 1. The van der Waals surface area contributed by atoms with E-state index in [1.165, 1.54) is 18.6 Å². The number of aliphatic carboxylic acids is 1. The summed E-state index contributed by atoms with van der Waals surface area (Å²) >= 11 is 6.49. The summed E-state index contributed by atoms with van der Waals surface area (Å²) in [6, 6.07) is -1.09. The van der Waals surface area contributed by atoms with Crippen molar-refractivity contribution in [2.24, 2.45) is 10.9 Å². The van der Waals surface area contributed by atoms with Crippen molar-refractivity contribution in [1.82, 2.24) is 30.0 Å². The summed E-state index contributed by atoms with van der Waals surface area (Å²) in [5, 5.41) is 22.7. The van der Waals surface area contributed by atoms with Crippen LogP contribution in [0.2, 0.25) is 0 Å². The quantitative estimate of drug-likeness (QED) is 0.0568. The van der Waals surface area contributed by atoms with Crippen molar-refractivity contribution in [3.05, 3.63) is 55.0 Å². The number of carbonyl (C=O) groups excluding carboxylic acids is 3. The predicted octanol–water partition coefficient (Wildman–Crippen LogP) is -2.48. The average Bonchev–Trinajstić information content (AvgIpc) is 3.33. The number of oxime groups is 1. The Bertz CT molecular complexity index is 1640. The van der Waals surface area contributed by atoms with Crippen molar-refractivity contribution < 1.29 is 29.1 Å². The summed E-state index contributed by atoms with van der Waals surface area (Å²) in [4.78, 5) is 83.1. The number of nitrogens with zero attached hydrogens (tertiary/aromatic N) is 5. The minimum atomic E-state index is -1.45. The molecule has 7 N–H and O–H groups in total. The molecule has 0 radical (unpaired) electrons. The van der Waals surface area contributed by atoms with E-state index >= 15 is 0 Å². The molecule has 2 atom stereocenters. The zero-order chi connectivity index (χ0) is 29.3. The van der Waals surface area contributed by atoms with E-state index in [9.17, 15) is 33.9 Å². The van der Waals surface area contributed by atoms with Gasteiger partial charge in [-0.05, 0) is 11.6 Å². The van der Waals surface area contributed by atoms with Gasteiger partial charge in [-0.1, -0.05) is 5.16 Å². The van der Waals surface area contributed by atoms with Crippen LogP contribution >= 0.6 is 35.7 Å². The molecule has 2 aliphatic rings. The van der Waals surface area contributed by atoms with Crippen LogP contribution in [0, 0.1) is 0 Å². The van der Waals surface area contributed by atoms with Gasteiger partial charge < -0.3 is 26.7 Å². The summed E-state index contributed by atoms with van der Waals surface area (Å²) in [6.45, 7) is -0.682. The molecule has 0 bridgehead atoms. The van der Waals surface area contributed by atoms with Gasteiger partial charge >= 0.3 is 17.1 Å². The number of β-lactam (4-membered cyclic amide) rings is 1. The first kappa shape index (κ1) is 28.6. The molecule has 4 rings (SSSR count). The van der Waals surface area contributed by atoms with Gasteiger partial charge in [0, 0.05) is 16.0 Å². The van der Waals surface area contributed by atoms with Gasteiger partial charge in [-0.15, -0.1) is 35.7 Å². The second-order valence-electron chi connectivity index (χ2n) is 8.00. The molecule has 4 heterocycles. The highest BCUT2D eigenvalue weighted by Crippen LogP contribution is 2.41. The highest BCUT2D eigenvalue weighted by molar-refractivity contribution is 8.00. The van der Waals surface area contributed by atoms with Crippen LogP contribution in [0.3, 0.4) is 0 Å². The number of nitrogens with two attached hydrogens (primary N) is 2. The summed E-state index contributed by atoms with van der Waals surface area (Å²) in [5.41, 5.74) is 8.18. The molecule has 2 aromatic heterocycles. The standard InChI is InChI=1S/C20H19N9O8S3/c1-37-27-10(7-5-40-20(22)23-7)14(31)24-11-16(33)29-12(19(35)36)6(4-39-18(11)29)2-8(38)13-25-26-15(32)17(34)28(13)3-9(21)30/h2,5,11,18,38H,3-4H2,1H3,(H2,21,30)(H2,22,23)(H,24,31)(H,26,32)(H,35,36). The Morgan fingerprint density at radius 3 is 2.70 bits per heavy atom. The highest BCUT2D eigenvalue weighted by Gasteiger charge is 2.54. The summed E-state index contributed by atoms with van der Waals surface area (Å²) in [6.07, 6.45) is 1.24. The topological polar surface area (TPSA) is 258 Å². The molecule has 0 aliphatic carbocycles. The maximum absolute atomic E-state index is 13.0. The van der Waals surface area contributed by atoms with E-state index in [1.807, 2.05) is 5.10 Å². The van der Waals surface area contributed by atoms with E-state index < -0.39 is 58.5 Å². The van der Waals surface area contributed by atoms with Gasteiger partial charge in [0.1, 0.15) is 36.5 Å². The third kappa shape index (κ3) is 5.35. The fourth-order valence-electron chi connectivity index (χ4n) is 3.81. The van der Waals surface area contributed by atoms with E-state index in [0.29, 0.717) is 4.57 Å². The number of anilines is 1. The lowest BCUT2D eigenvalue weighted by molar-refractivity contribution is -0.150. The Hall–Kier alpha value is -4.43. The number of H-pyrrole nitrogens is 1. The van der Waals surface area contributed by atoms with Crippen molar-refractivity contribution in [2.45, 2.75) is 18.0 Å². The van der Waals surface area contributed by atoms with Crippen LogP contribution in [0.15, 0.2) is 37.5 Å². The molecular weight excluding hydrogens is 590 g/mol. The first-order valence-electron chi connectivity index (χ1n) is 10.9. The molecule has 0 aromatic carbocycles. The van der Waals surface area contributed by atoms with Gasteiger partial charge in [0.2, 0.25) is 5.91 Å². The monoisotopic (exact) mass is 609 g/mol. The maximum atomic E-state index is 13.0. The second-order valence-corrected chi connectivity index (χ2v) is 10.5. The van der Waals surface area contributed by atoms with E-state index in [0.717, 1.165) is 28.0 Å². The first-order chi connectivity index (χ1) is 18.9. The maximum Gasteiger partial charge on any atom is 0.352 e. The minimum absolute atomic E-state index is 0.0392. The number of amides is 3. The van der Waals surface area contributed by atoms with Crippen LogP contribution in [-0.4, -0.2) is 83.4 Å². The molecule has 2 unspecified atom stereocenters. The lowest BCUT2D eigenvalue weighted by atomic mass is 10.0. The number of thiol groups is 1. The fourth-order valence-corrected chi connectivity index (χ4v) is 5.99. The SMILES string of the molecule is CON=C(C(=O)NC1C(=O)N2C(C(=O)O)=C(C=C(S)c3n[nH]c(=O)c(=O)n3CC(N)=O)CSC12)c1csc(N)n1. The van der Waals surface area contributed by atoms with E-state index in [1.54, 1.807) is 0 Å². The summed E-state index contributed by atoms with van der Waals surface area (Å²) in [5.74, 6) is -4.10. The highest BCUT2D eigenvalue weighted by atomic mass is 32.2. The minimum Gasteiger partial charge on any atom is -0.477 e. The molecule has 3 amide bonds. The molecule has 17 nitrogen and oxygen atoms in total. The van der Waals surface area contributed by atoms with Crippen LogP contribution < -0.4 is 27.9 Å². The van der Waals surface area contributed by atoms with Crippen molar-refractivity contribution in [3.8, 4) is 0 Å². The lowest BCUT2D eigenvalue weighted by Gasteiger charge is -2.49. The molecule has 0 saturated carbocycles. The van der Waals surface area contributed by atoms with Gasteiger partial charge in [-0.3, -0.25) is 33.4 Å². The van der Waals surface area contributed by atoms with Crippen molar-refractivity contribution in [1.29, 1.82) is 0 Å². The zero-order valence-corrected chi connectivity index (χ0v) is 22.7. The number of rotatable bonds is 9. The van der Waals surface area contributed by atoms with Gasteiger partial charge in [-0.2, -0.15) is 5.10 Å². The molecular formula is C20H19N9O8S3. The van der Waals surface area contributed by atoms with Gasteiger partial charge in [0.15, 0.2) is 16.7 Å². The number of thiazole rings is 1. The Morgan fingerprint density at radius 2 is 2.10 bits per heavy atom. The predicted molar refractivity (Wildman–Crippen MR) is 145 cm³/mol. The van der Waals surface area contributed by atoms with Crippen LogP contribution in [0.25, 0.3) is 4.91 Å². The van der Waals surface area contributed by atoms with Crippen molar-refractivity contribution in [2.75, 3.05) is 18.6 Å². The number of carbonyl (C=O) groups is 4. The molecule has 20 heteroatoms. The number of fused-ring (bicyclic) bond motifs is 1. The molecule has 0 spiro atoms. The van der Waals surface area contributed by atoms with Crippen molar-refractivity contribution >= 4 is 75.2 Å². The second kappa shape index (κ2) is 11.4. The smallest absolute Gasteiger partial charge is 0.352 e. The number of allylic oxidation sites excluding steroid dienone is 1. The summed E-state index contributed by atoms with van der Waals surface area (Å²) < 4.78 is 0.690. The Morgan fingerprint density at radius 1 is 1.38 bits per heavy atom.